The summed E-state index contributed by atoms with van der Waals surface area (Å²) >= 11 is 6.14. The normalized spacial score (nSPS) is 24.2. The summed E-state index contributed by atoms with van der Waals surface area (Å²) in [5.74, 6) is -0.665. The molecule has 5 nitrogen and oxygen atoms in total. The first-order chi connectivity index (χ1) is 12.2. The van der Waals surface area contributed by atoms with Crippen LogP contribution in [0.15, 0.2) is 24.3 Å². The van der Waals surface area contributed by atoms with Gasteiger partial charge in [0.1, 0.15) is 0 Å². The summed E-state index contributed by atoms with van der Waals surface area (Å²) in [6.45, 7) is 2.91. The maximum atomic E-state index is 12.2. The number of nitrogens with zero attached hydrogens (tertiary/aromatic N) is 1. The highest BCUT2D eigenvalue weighted by Crippen LogP contribution is 2.35. The summed E-state index contributed by atoms with van der Waals surface area (Å²) in [6.07, 6.45) is 3.96. The first-order valence-electron chi connectivity index (χ1n) is 9.11. The Morgan fingerprint density at radius 1 is 1.35 bits per heavy atom. The zero-order chi connectivity index (χ0) is 19.3. The molecule has 0 saturated heterocycles. The van der Waals surface area contributed by atoms with Gasteiger partial charge < -0.3 is 15.0 Å². The van der Waals surface area contributed by atoms with E-state index in [9.17, 15) is 9.59 Å². The van der Waals surface area contributed by atoms with Crippen LogP contribution in [0.4, 0.5) is 0 Å². The first-order valence-corrected chi connectivity index (χ1v) is 9.49. The molecule has 1 atom stereocenters. The summed E-state index contributed by atoms with van der Waals surface area (Å²) in [6, 6.07) is 8.15. The monoisotopic (exact) mass is 380 g/mol. The molecule has 26 heavy (non-hydrogen) atoms. The molecular formula is C20H29ClN2O3. The predicted octanol–water partition coefficient (Wildman–Crippen LogP) is 3.19. The second-order valence-electron chi connectivity index (χ2n) is 7.46. The molecule has 0 radical (unpaired) electrons. The zero-order valence-electron chi connectivity index (χ0n) is 16.0. The standard InChI is InChI=1S/C20H29ClN2O3/c1-14(26-15(2)24)19(25)22-18-8-10-20(11-9-18,23(3)4)13-16-6-5-7-17(21)12-16/h5-7,12,14,18H,8-11,13H2,1-4H3,(H,22,25). The van der Waals surface area contributed by atoms with E-state index in [0.717, 1.165) is 37.1 Å². The fourth-order valence-corrected chi connectivity index (χ4v) is 3.94. The number of hydrogen-bond acceptors (Lipinski definition) is 4. The number of esters is 1. The Morgan fingerprint density at radius 2 is 2.00 bits per heavy atom. The van der Waals surface area contributed by atoms with Gasteiger partial charge in [0.25, 0.3) is 5.91 Å². The molecule has 144 valence electrons. The fourth-order valence-electron chi connectivity index (χ4n) is 3.73. The van der Waals surface area contributed by atoms with Crippen molar-refractivity contribution in [2.24, 2.45) is 0 Å². The Morgan fingerprint density at radius 3 is 2.54 bits per heavy atom. The lowest BCUT2D eigenvalue weighted by Gasteiger charge is -2.45. The number of ether oxygens (including phenoxy) is 1. The quantitative estimate of drug-likeness (QED) is 0.770. The van der Waals surface area contributed by atoms with E-state index in [-0.39, 0.29) is 17.5 Å². The van der Waals surface area contributed by atoms with Crippen LogP contribution in [0.1, 0.15) is 45.1 Å². The number of nitrogens with one attached hydrogen (secondary N) is 1. The molecule has 0 bridgehead atoms. The van der Waals surface area contributed by atoms with E-state index in [2.05, 4.69) is 30.4 Å². The van der Waals surface area contributed by atoms with Crippen molar-refractivity contribution in [1.29, 1.82) is 0 Å². The van der Waals surface area contributed by atoms with E-state index >= 15 is 0 Å². The van der Waals surface area contributed by atoms with Gasteiger partial charge in [0.05, 0.1) is 0 Å². The molecular weight excluding hydrogens is 352 g/mol. The highest BCUT2D eigenvalue weighted by atomic mass is 35.5. The molecule has 1 aromatic carbocycles. The van der Waals surface area contributed by atoms with Crippen LogP contribution in [-0.2, 0) is 20.7 Å². The number of carbonyl (C=O) groups excluding carboxylic acids is 2. The molecule has 1 unspecified atom stereocenters. The number of carbonyl (C=O) groups is 2. The number of rotatable bonds is 6. The molecule has 0 aliphatic heterocycles. The molecule has 0 spiro atoms. The van der Waals surface area contributed by atoms with E-state index in [4.69, 9.17) is 16.3 Å². The third-order valence-corrected chi connectivity index (χ3v) is 5.58. The van der Waals surface area contributed by atoms with Gasteiger partial charge in [-0.15, -0.1) is 0 Å². The lowest BCUT2D eigenvalue weighted by molar-refractivity contribution is -0.153. The minimum atomic E-state index is -0.750. The van der Waals surface area contributed by atoms with Crippen molar-refractivity contribution < 1.29 is 14.3 Å². The Kier molecular flexibility index (Phi) is 7.07. The highest BCUT2D eigenvalue weighted by Gasteiger charge is 2.38. The third kappa shape index (κ3) is 5.45. The summed E-state index contributed by atoms with van der Waals surface area (Å²) < 4.78 is 4.95. The number of amides is 1. The number of likely N-dealkylation sites (N-methyl/N-ethyl adjacent to an activating group) is 1. The minimum Gasteiger partial charge on any atom is -0.453 e. The average Bonchev–Trinajstić information content (AvgIpc) is 2.56. The van der Waals surface area contributed by atoms with Crippen LogP contribution < -0.4 is 5.32 Å². The number of hydrogen-bond donors (Lipinski definition) is 1. The molecule has 0 heterocycles. The zero-order valence-corrected chi connectivity index (χ0v) is 16.8. The topological polar surface area (TPSA) is 58.6 Å². The second kappa shape index (κ2) is 8.87. The van der Waals surface area contributed by atoms with Crippen molar-refractivity contribution in [2.75, 3.05) is 14.1 Å². The number of halogens is 1. The summed E-state index contributed by atoms with van der Waals surface area (Å²) in [5.41, 5.74) is 1.30. The molecule has 1 N–H and O–H groups in total. The van der Waals surface area contributed by atoms with Gasteiger partial charge in [-0.05, 0) is 70.8 Å². The Labute approximate surface area is 161 Å². The summed E-state index contributed by atoms with van der Waals surface area (Å²) in [5, 5.41) is 3.78. The van der Waals surface area contributed by atoms with Gasteiger partial charge >= 0.3 is 5.97 Å². The third-order valence-electron chi connectivity index (χ3n) is 5.35. The van der Waals surface area contributed by atoms with Crippen LogP contribution in [0, 0.1) is 0 Å². The predicted molar refractivity (Wildman–Crippen MR) is 103 cm³/mol. The smallest absolute Gasteiger partial charge is 0.303 e. The van der Waals surface area contributed by atoms with Gasteiger partial charge in [0, 0.05) is 23.5 Å². The molecule has 1 aliphatic carbocycles. The van der Waals surface area contributed by atoms with Crippen molar-refractivity contribution in [3.05, 3.63) is 34.9 Å². The van der Waals surface area contributed by atoms with Gasteiger partial charge in [0.15, 0.2) is 6.10 Å². The Balaban J connectivity index is 1.96. The van der Waals surface area contributed by atoms with Crippen molar-refractivity contribution in [2.45, 2.75) is 63.6 Å². The van der Waals surface area contributed by atoms with Gasteiger partial charge in [0.2, 0.25) is 0 Å². The second-order valence-corrected chi connectivity index (χ2v) is 7.90. The lowest BCUT2D eigenvalue weighted by atomic mass is 9.75. The van der Waals surface area contributed by atoms with E-state index in [1.807, 2.05) is 18.2 Å². The average molecular weight is 381 g/mol. The Hall–Kier alpha value is -1.59. The maximum absolute atomic E-state index is 12.2. The Bertz CT molecular complexity index is 640. The molecule has 1 aromatic rings. The van der Waals surface area contributed by atoms with Crippen molar-refractivity contribution >= 4 is 23.5 Å². The van der Waals surface area contributed by atoms with Crippen molar-refractivity contribution in [1.82, 2.24) is 10.2 Å². The maximum Gasteiger partial charge on any atom is 0.303 e. The SMILES string of the molecule is CC(=O)OC(C)C(=O)NC1CCC(Cc2cccc(Cl)c2)(N(C)C)CC1. The number of benzene rings is 1. The van der Waals surface area contributed by atoms with Crippen LogP contribution in [0.2, 0.25) is 5.02 Å². The van der Waals surface area contributed by atoms with Crippen LogP contribution in [0.5, 0.6) is 0 Å². The van der Waals surface area contributed by atoms with Gasteiger partial charge in [-0.1, -0.05) is 23.7 Å². The van der Waals surface area contributed by atoms with Crippen LogP contribution >= 0.6 is 11.6 Å². The molecule has 1 aliphatic rings. The summed E-state index contributed by atoms with van der Waals surface area (Å²) in [4.78, 5) is 25.4. The van der Waals surface area contributed by atoms with E-state index in [1.165, 1.54) is 12.5 Å². The molecule has 1 amide bonds. The molecule has 0 aromatic heterocycles. The van der Waals surface area contributed by atoms with E-state index in [0.29, 0.717) is 0 Å². The first kappa shape index (κ1) is 20.7. The van der Waals surface area contributed by atoms with Crippen molar-refractivity contribution in [3.8, 4) is 0 Å². The van der Waals surface area contributed by atoms with E-state index < -0.39 is 12.1 Å². The molecule has 1 saturated carbocycles. The highest BCUT2D eigenvalue weighted by molar-refractivity contribution is 6.30. The van der Waals surface area contributed by atoms with Gasteiger partial charge in [-0.25, -0.2) is 0 Å². The molecule has 1 fully saturated rings. The van der Waals surface area contributed by atoms with E-state index in [1.54, 1.807) is 6.92 Å². The van der Waals surface area contributed by atoms with Crippen LogP contribution in [-0.4, -0.2) is 48.6 Å². The van der Waals surface area contributed by atoms with Gasteiger partial charge in [-0.3, -0.25) is 9.59 Å². The fraction of sp³-hybridized carbons (Fsp3) is 0.600. The summed E-state index contributed by atoms with van der Waals surface area (Å²) in [7, 11) is 4.23. The largest absolute Gasteiger partial charge is 0.453 e. The minimum absolute atomic E-state index is 0.0629. The molecule has 2 rings (SSSR count). The van der Waals surface area contributed by atoms with Crippen LogP contribution in [0.3, 0.4) is 0 Å². The van der Waals surface area contributed by atoms with Crippen LogP contribution in [0.25, 0.3) is 0 Å². The molecule has 6 heteroatoms. The van der Waals surface area contributed by atoms with Gasteiger partial charge in [-0.2, -0.15) is 0 Å². The lowest BCUT2D eigenvalue weighted by Crippen LogP contribution is -2.53. The van der Waals surface area contributed by atoms with Crippen molar-refractivity contribution in [3.63, 3.8) is 0 Å².